The molecule has 0 N–H and O–H groups in total. The highest BCUT2D eigenvalue weighted by Gasteiger charge is 2.12. The van der Waals surface area contributed by atoms with Gasteiger partial charge in [0.2, 0.25) is 0 Å². The first-order valence-electron chi connectivity index (χ1n) is 12.3. The van der Waals surface area contributed by atoms with Crippen molar-refractivity contribution in [3.63, 3.8) is 0 Å². The summed E-state index contributed by atoms with van der Waals surface area (Å²) in [5, 5.41) is 0. The molecule has 0 aliphatic carbocycles. The molecule has 2 heterocycles. The SMILES string of the molecule is COc1ccc(OCCCCn2c(CCCN3CCCCCC3)nc3ccccc32)cc1. The average molecular weight is 436 g/mol. The van der Waals surface area contributed by atoms with Gasteiger partial charge in [0.25, 0.3) is 0 Å². The highest BCUT2D eigenvalue weighted by molar-refractivity contribution is 5.75. The predicted octanol–water partition coefficient (Wildman–Crippen LogP) is 5.71. The number of benzene rings is 2. The molecule has 0 amide bonds. The van der Waals surface area contributed by atoms with Crippen LogP contribution >= 0.6 is 0 Å². The zero-order valence-corrected chi connectivity index (χ0v) is 19.5. The van der Waals surface area contributed by atoms with E-state index in [4.69, 9.17) is 14.5 Å². The van der Waals surface area contributed by atoms with Gasteiger partial charge in [-0.15, -0.1) is 0 Å². The maximum atomic E-state index is 5.90. The summed E-state index contributed by atoms with van der Waals surface area (Å²) in [6.07, 6.45) is 9.84. The minimum absolute atomic E-state index is 0.725. The first kappa shape index (κ1) is 22.7. The van der Waals surface area contributed by atoms with Crippen molar-refractivity contribution in [2.45, 2.75) is 57.9 Å². The number of nitrogens with zero attached hydrogens (tertiary/aromatic N) is 3. The maximum Gasteiger partial charge on any atom is 0.119 e. The van der Waals surface area contributed by atoms with Gasteiger partial charge in [0.05, 0.1) is 24.8 Å². The normalized spacial score (nSPS) is 15.0. The molecule has 0 bridgehead atoms. The Hall–Kier alpha value is -2.53. The van der Waals surface area contributed by atoms with Crippen LogP contribution in [-0.4, -0.2) is 47.8 Å². The minimum atomic E-state index is 0.725. The molecule has 1 saturated heterocycles. The van der Waals surface area contributed by atoms with Crippen LogP contribution in [0.5, 0.6) is 11.5 Å². The molecule has 0 spiro atoms. The van der Waals surface area contributed by atoms with Crippen molar-refractivity contribution in [2.24, 2.45) is 0 Å². The van der Waals surface area contributed by atoms with Crippen LogP contribution in [0.25, 0.3) is 11.0 Å². The van der Waals surface area contributed by atoms with E-state index in [0.717, 1.165) is 49.4 Å². The molecule has 0 unspecified atom stereocenters. The minimum Gasteiger partial charge on any atom is -0.497 e. The molecule has 5 nitrogen and oxygen atoms in total. The van der Waals surface area contributed by atoms with Gasteiger partial charge in [-0.05, 0) is 88.1 Å². The molecule has 172 valence electrons. The standard InChI is InChI=1S/C27H37N3O2/c1-31-23-14-16-24(17-15-23)32-22-9-8-21-30-26-12-5-4-11-25(26)28-27(30)13-10-20-29-18-6-2-3-7-19-29/h4-5,11-12,14-17H,2-3,6-10,13,18-22H2,1H3. The smallest absolute Gasteiger partial charge is 0.119 e. The Labute approximate surface area is 192 Å². The van der Waals surface area contributed by atoms with Crippen LogP contribution in [-0.2, 0) is 13.0 Å². The number of methoxy groups -OCH3 is 1. The predicted molar refractivity (Wildman–Crippen MR) is 131 cm³/mol. The van der Waals surface area contributed by atoms with E-state index in [0.29, 0.717) is 0 Å². The Morgan fingerprint density at radius 1 is 0.812 bits per heavy atom. The fourth-order valence-corrected chi connectivity index (χ4v) is 4.62. The van der Waals surface area contributed by atoms with Crippen LogP contribution in [0.2, 0.25) is 0 Å². The number of unbranched alkanes of at least 4 members (excludes halogenated alkanes) is 1. The molecular formula is C27H37N3O2. The van der Waals surface area contributed by atoms with Crippen LogP contribution in [0.1, 0.15) is 50.8 Å². The second-order valence-corrected chi connectivity index (χ2v) is 8.76. The number of rotatable bonds is 11. The number of para-hydroxylation sites is 2. The summed E-state index contributed by atoms with van der Waals surface area (Å²) < 4.78 is 13.5. The monoisotopic (exact) mass is 435 g/mol. The van der Waals surface area contributed by atoms with Gasteiger partial charge in [-0.1, -0.05) is 25.0 Å². The molecule has 1 aliphatic rings. The number of ether oxygens (including phenoxy) is 2. The summed E-state index contributed by atoms with van der Waals surface area (Å²) in [4.78, 5) is 7.63. The highest BCUT2D eigenvalue weighted by Crippen LogP contribution is 2.20. The summed E-state index contributed by atoms with van der Waals surface area (Å²) >= 11 is 0. The van der Waals surface area contributed by atoms with E-state index in [1.165, 1.54) is 63.1 Å². The number of imidazole rings is 1. The van der Waals surface area contributed by atoms with Gasteiger partial charge in [0.15, 0.2) is 0 Å². The van der Waals surface area contributed by atoms with Crippen molar-refractivity contribution in [3.8, 4) is 11.5 Å². The van der Waals surface area contributed by atoms with Gasteiger partial charge in [-0.3, -0.25) is 0 Å². The topological polar surface area (TPSA) is 39.5 Å². The Kier molecular flexibility index (Phi) is 8.43. The lowest BCUT2D eigenvalue weighted by molar-refractivity contribution is 0.280. The molecule has 2 aromatic carbocycles. The largest absolute Gasteiger partial charge is 0.497 e. The third kappa shape index (κ3) is 6.26. The van der Waals surface area contributed by atoms with Gasteiger partial charge in [-0.2, -0.15) is 0 Å². The molecule has 4 rings (SSSR count). The number of aryl methyl sites for hydroxylation is 2. The molecule has 1 aromatic heterocycles. The third-order valence-corrected chi connectivity index (χ3v) is 6.41. The van der Waals surface area contributed by atoms with Crippen molar-refractivity contribution < 1.29 is 9.47 Å². The summed E-state index contributed by atoms with van der Waals surface area (Å²) in [7, 11) is 1.68. The average Bonchev–Trinajstić information content (AvgIpc) is 2.98. The van der Waals surface area contributed by atoms with Crippen molar-refractivity contribution >= 4 is 11.0 Å². The van der Waals surface area contributed by atoms with E-state index >= 15 is 0 Å². The van der Waals surface area contributed by atoms with Gasteiger partial charge in [0.1, 0.15) is 17.3 Å². The third-order valence-electron chi connectivity index (χ3n) is 6.41. The molecule has 0 radical (unpaired) electrons. The molecule has 0 atom stereocenters. The number of hydrogen-bond acceptors (Lipinski definition) is 4. The Morgan fingerprint density at radius 3 is 2.34 bits per heavy atom. The van der Waals surface area contributed by atoms with Crippen molar-refractivity contribution in [1.82, 2.24) is 14.5 Å². The van der Waals surface area contributed by atoms with Crippen LogP contribution in [0, 0.1) is 0 Å². The number of aromatic nitrogens is 2. The second-order valence-electron chi connectivity index (χ2n) is 8.76. The lowest BCUT2D eigenvalue weighted by Gasteiger charge is -2.19. The van der Waals surface area contributed by atoms with E-state index in [1.54, 1.807) is 7.11 Å². The van der Waals surface area contributed by atoms with Gasteiger partial charge in [-0.25, -0.2) is 4.98 Å². The Morgan fingerprint density at radius 2 is 1.56 bits per heavy atom. The molecular weight excluding hydrogens is 398 g/mol. The highest BCUT2D eigenvalue weighted by atomic mass is 16.5. The maximum absolute atomic E-state index is 5.90. The molecule has 5 heteroatoms. The summed E-state index contributed by atoms with van der Waals surface area (Å²) in [6.45, 7) is 5.45. The number of likely N-dealkylation sites (tertiary alicyclic amines) is 1. The molecule has 0 saturated carbocycles. The molecule has 1 fully saturated rings. The van der Waals surface area contributed by atoms with E-state index in [-0.39, 0.29) is 0 Å². The summed E-state index contributed by atoms with van der Waals surface area (Å²) in [5.41, 5.74) is 2.38. The van der Waals surface area contributed by atoms with Crippen molar-refractivity contribution in [3.05, 3.63) is 54.4 Å². The van der Waals surface area contributed by atoms with Crippen molar-refractivity contribution in [1.29, 1.82) is 0 Å². The van der Waals surface area contributed by atoms with Crippen LogP contribution in [0.4, 0.5) is 0 Å². The van der Waals surface area contributed by atoms with Gasteiger partial charge < -0.3 is 18.9 Å². The second kappa shape index (κ2) is 11.9. The molecule has 1 aliphatic heterocycles. The van der Waals surface area contributed by atoms with E-state index in [1.807, 2.05) is 24.3 Å². The zero-order chi connectivity index (χ0) is 22.0. The van der Waals surface area contributed by atoms with E-state index in [9.17, 15) is 0 Å². The van der Waals surface area contributed by atoms with Crippen LogP contribution in [0.15, 0.2) is 48.5 Å². The first-order chi connectivity index (χ1) is 15.8. The molecule has 3 aromatic rings. The van der Waals surface area contributed by atoms with Crippen LogP contribution in [0.3, 0.4) is 0 Å². The van der Waals surface area contributed by atoms with E-state index < -0.39 is 0 Å². The number of fused-ring (bicyclic) bond motifs is 1. The quantitative estimate of drug-likeness (QED) is 0.362. The first-order valence-corrected chi connectivity index (χ1v) is 12.3. The fraction of sp³-hybridized carbons (Fsp3) is 0.519. The summed E-state index contributed by atoms with van der Waals surface area (Å²) in [6, 6.07) is 16.3. The van der Waals surface area contributed by atoms with E-state index in [2.05, 4.69) is 33.7 Å². The van der Waals surface area contributed by atoms with Crippen molar-refractivity contribution in [2.75, 3.05) is 33.4 Å². The zero-order valence-electron chi connectivity index (χ0n) is 19.5. The molecule has 32 heavy (non-hydrogen) atoms. The summed E-state index contributed by atoms with van der Waals surface area (Å²) in [5.74, 6) is 2.98. The van der Waals surface area contributed by atoms with Gasteiger partial charge in [0, 0.05) is 13.0 Å². The Balaban J connectivity index is 1.28. The van der Waals surface area contributed by atoms with Crippen LogP contribution < -0.4 is 9.47 Å². The van der Waals surface area contributed by atoms with Gasteiger partial charge >= 0.3 is 0 Å². The lowest BCUT2D eigenvalue weighted by atomic mass is 10.2. The number of hydrogen-bond donors (Lipinski definition) is 0. The fourth-order valence-electron chi connectivity index (χ4n) is 4.62. The Bertz CT molecular complexity index is 943. The lowest BCUT2D eigenvalue weighted by Crippen LogP contribution is -2.26.